The van der Waals surface area contributed by atoms with Gasteiger partial charge in [-0.2, -0.15) is 0 Å². The molecule has 0 amide bonds. The average molecular weight is 929 g/mol. The summed E-state index contributed by atoms with van der Waals surface area (Å²) in [7, 11) is -2.61. The first-order chi connectivity index (χ1) is 25.9. The van der Waals surface area contributed by atoms with Gasteiger partial charge in [-0.1, -0.05) is 152 Å². The van der Waals surface area contributed by atoms with Gasteiger partial charge < -0.3 is 9.52 Å². The van der Waals surface area contributed by atoms with E-state index >= 15 is 0 Å². The number of aromatic nitrogens is 1. The van der Waals surface area contributed by atoms with Gasteiger partial charge in [0.05, 0.1) is 11.1 Å². The third-order valence-corrected chi connectivity index (χ3v) is 16.7. The molecule has 0 saturated carbocycles. The van der Waals surface area contributed by atoms with Crippen LogP contribution in [0.25, 0.3) is 33.0 Å². The van der Waals surface area contributed by atoms with Gasteiger partial charge in [0.25, 0.3) is 0 Å². The number of carbonyl (C=O) groups excluding carboxylic acids is 1. The van der Waals surface area contributed by atoms with Crippen molar-refractivity contribution in [2.45, 2.75) is 99.0 Å². The van der Waals surface area contributed by atoms with Crippen molar-refractivity contribution in [3.8, 4) is 11.3 Å². The number of aliphatic hydroxyl groups excluding tert-OH is 1. The number of furan rings is 1. The topological polar surface area (TPSA) is 63.3 Å². The molecule has 0 aliphatic heterocycles. The Morgan fingerprint density at radius 3 is 1.87 bits per heavy atom. The van der Waals surface area contributed by atoms with Crippen molar-refractivity contribution >= 4 is 51.4 Å². The largest absolute Gasteiger partial charge is 0.512 e. The molecule has 1 N–H and O–H groups in total. The summed E-state index contributed by atoms with van der Waals surface area (Å²) >= 11 is 0. The van der Waals surface area contributed by atoms with E-state index in [-0.39, 0.29) is 48.5 Å². The molecular weight excluding hydrogens is 871 g/mol. The van der Waals surface area contributed by atoms with Crippen molar-refractivity contribution in [1.82, 2.24) is 4.98 Å². The molecule has 0 fully saturated rings. The van der Waals surface area contributed by atoms with Crippen LogP contribution in [-0.4, -0.2) is 23.9 Å². The van der Waals surface area contributed by atoms with E-state index in [1.54, 1.807) is 0 Å². The Balaban J connectivity index is 0.000000360. The van der Waals surface area contributed by atoms with E-state index in [1.807, 2.05) is 33.9 Å². The number of fused-ring (bicyclic) bond motifs is 2. The molecule has 0 unspecified atom stereocenters. The number of allylic oxidation sites excluding steroid dienone is 2. The van der Waals surface area contributed by atoms with Crippen molar-refractivity contribution < 1.29 is 34.4 Å². The van der Waals surface area contributed by atoms with Gasteiger partial charge in [0, 0.05) is 55.3 Å². The van der Waals surface area contributed by atoms with Crippen LogP contribution in [0.3, 0.4) is 0 Å². The molecule has 1 radical (unpaired) electrons. The molecule has 6 heteroatoms. The van der Waals surface area contributed by atoms with Crippen LogP contribution in [0.5, 0.6) is 0 Å². The molecular formula is C49H58IrNO3Si-. The zero-order valence-corrected chi connectivity index (χ0v) is 37.5. The molecule has 6 aromatic rings. The summed E-state index contributed by atoms with van der Waals surface area (Å²) in [5.41, 5.74) is 3.97. The summed E-state index contributed by atoms with van der Waals surface area (Å²) in [6, 6.07) is 40.7. The molecule has 55 heavy (non-hydrogen) atoms. The number of carbonyl (C=O) groups is 1. The Kier molecular flexibility index (Phi) is 15.2. The predicted octanol–water partition coefficient (Wildman–Crippen LogP) is 11.7. The fraction of sp³-hybridized carbons (Fsp3) is 0.347. The third-order valence-electron chi connectivity index (χ3n) is 11.1. The number of nitrogens with zero attached hydrogens (tertiary/aromatic N) is 1. The minimum absolute atomic E-state index is 0. The van der Waals surface area contributed by atoms with Gasteiger partial charge in [0.15, 0.2) is 13.9 Å². The van der Waals surface area contributed by atoms with Crippen molar-refractivity contribution in [3.05, 3.63) is 133 Å². The molecule has 0 saturated heterocycles. The Morgan fingerprint density at radius 2 is 1.35 bits per heavy atom. The molecule has 4 aromatic carbocycles. The molecule has 0 spiro atoms. The molecule has 0 aliphatic rings. The van der Waals surface area contributed by atoms with Gasteiger partial charge in [-0.05, 0) is 59.1 Å². The van der Waals surface area contributed by atoms with E-state index in [9.17, 15) is 9.90 Å². The van der Waals surface area contributed by atoms with E-state index in [2.05, 4.69) is 144 Å². The zero-order chi connectivity index (χ0) is 39.0. The second-order valence-electron chi connectivity index (χ2n) is 15.8. The van der Waals surface area contributed by atoms with Crippen molar-refractivity contribution in [3.63, 3.8) is 0 Å². The minimum atomic E-state index is -2.61. The maximum Gasteiger partial charge on any atom is 0.198 e. The van der Waals surface area contributed by atoms with Crippen molar-refractivity contribution in [1.29, 1.82) is 0 Å². The molecule has 0 bridgehead atoms. The summed E-state index contributed by atoms with van der Waals surface area (Å²) in [5, 5.41) is 16.9. The SMILES string of the molecule is CC(C)c1cc(-c2nccc3cc([Si](c4ccccc4)(c4ccccc4)C(C)(C)C)oc23)[c-]c2ccccc12.CCC(CC)C(=O)/C=C(\O)C(CC)CC.[Ir]. The minimum Gasteiger partial charge on any atom is -0.512 e. The number of aliphatic hydroxyl groups is 1. The normalized spacial score (nSPS) is 12.3. The third kappa shape index (κ3) is 9.15. The number of ketones is 1. The maximum atomic E-state index is 11.7. The second-order valence-corrected chi connectivity index (χ2v) is 20.4. The number of rotatable bonds is 12. The second kappa shape index (κ2) is 19.2. The molecule has 4 nitrogen and oxygen atoms in total. The van der Waals surface area contributed by atoms with Crippen LogP contribution in [0, 0.1) is 17.9 Å². The Bertz CT molecular complexity index is 2140. The smallest absolute Gasteiger partial charge is 0.198 e. The van der Waals surface area contributed by atoms with E-state index in [0.717, 1.165) is 58.7 Å². The van der Waals surface area contributed by atoms with Gasteiger partial charge >= 0.3 is 0 Å². The Morgan fingerprint density at radius 1 is 0.800 bits per heavy atom. The predicted molar refractivity (Wildman–Crippen MR) is 231 cm³/mol. The number of pyridine rings is 1. The van der Waals surface area contributed by atoms with Gasteiger partial charge in [0.1, 0.15) is 5.58 Å². The Labute approximate surface area is 343 Å². The first kappa shape index (κ1) is 43.6. The number of hydrogen-bond donors (Lipinski definition) is 1. The quantitative estimate of drug-likeness (QED) is 0.0575. The van der Waals surface area contributed by atoms with Crippen LogP contribution in [0.1, 0.15) is 99.5 Å². The Hall–Kier alpha value is -4.09. The van der Waals surface area contributed by atoms with Crippen LogP contribution < -0.4 is 15.8 Å². The summed E-state index contributed by atoms with van der Waals surface area (Å²) in [6.07, 6.45) is 6.81. The van der Waals surface area contributed by atoms with Crippen LogP contribution in [-0.2, 0) is 24.9 Å². The van der Waals surface area contributed by atoms with Crippen LogP contribution >= 0.6 is 0 Å². The van der Waals surface area contributed by atoms with E-state index < -0.39 is 8.07 Å². The van der Waals surface area contributed by atoms with Crippen molar-refractivity contribution in [2.75, 3.05) is 0 Å². The van der Waals surface area contributed by atoms with Crippen LogP contribution in [0.4, 0.5) is 0 Å². The first-order valence-corrected chi connectivity index (χ1v) is 21.8. The van der Waals surface area contributed by atoms with Gasteiger partial charge in [-0.15, -0.1) is 29.1 Å². The molecule has 2 aromatic heterocycles. The van der Waals surface area contributed by atoms with E-state index in [4.69, 9.17) is 9.40 Å². The van der Waals surface area contributed by atoms with E-state index in [0.29, 0.717) is 5.92 Å². The monoisotopic (exact) mass is 929 g/mol. The zero-order valence-electron chi connectivity index (χ0n) is 34.1. The molecule has 291 valence electrons. The molecule has 0 aliphatic carbocycles. The fourth-order valence-corrected chi connectivity index (χ4v) is 13.4. The first-order valence-electron chi connectivity index (χ1n) is 19.8. The average Bonchev–Trinajstić information content (AvgIpc) is 3.60. The molecule has 0 atom stereocenters. The van der Waals surface area contributed by atoms with E-state index in [1.165, 1.54) is 27.4 Å². The van der Waals surface area contributed by atoms with Gasteiger partial charge in [-0.3, -0.25) is 9.78 Å². The van der Waals surface area contributed by atoms with Crippen LogP contribution in [0.2, 0.25) is 5.04 Å². The van der Waals surface area contributed by atoms with Gasteiger partial charge in [0.2, 0.25) is 0 Å². The molecule has 2 heterocycles. The van der Waals surface area contributed by atoms with Crippen molar-refractivity contribution in [2.24, 2.45) is 11.8 Å². The fourth-order valence-electron chi connectivity index (χ4n) is 8.05. The van der Waals surface area contributed by atoms with Gasteiger partial charge in [-0.25, -0.2) is 0 Å². The summed E-state index contributed by atoms with van der Waals surface area (Å²) in [6.45, 7) is 19.6. The van der Waals surface area contributed by atoms with Crippen LogP contribution in [0.15, 0.2) is 126 Å². The molecule has 6 rings (SSSR count). The standard InChI is InChI=1S/C36H34NOSi.C13H24O2.Ir/c1-25(2)32-23-28(22-26-14-12-13-19-31(26)32)34-35-27(20-21-37-34)24-33(38-35)39(36(3,4)5,29-15-8-6-9-16-29)30-17-10-7-11-18-30;1-5-10(6-2)12(14)9-13(15)11(7-3)8-4;/h6-21,23-25H,1-5H3;9-11,14H,5-8H2,1-4H3;/q-1;;/b;12-9-;. The number of hydrogen-bond acceptors (Lipinski definition) is 4. The number of benzene rings is 4. The summed E-state index contributed by atoms with van der Waals surface area (Å²) in [5.74, 6) is 0.929. The summed E-state index contributed by atoms with van der Waals surface area (Å²) in [4.78, 5) is 16.6. The maximum absolute atomic E-state index is 11.7. The summed E-state index contributed by atoms with van der Waals surface area (Å²) < 4.78 is 7.05.